The van der Waals surface area contributed by atoms with Crippen LogP contribution in [0.4, 0.5) is 25.0 Å². The number of carbonyl (C=O) groups excluding carboxylic acids is 1. The molecule has 120 valence electrons. The van der Waals surface area contributed by atoms with Gasteiger partial charge in [-0.05, 0) is 24.3 Å². The first-order valence-corrected chi connectivity index (χ1v) is 7.30. The fraction of sp³-hybridized carbons (Fsp3) is 0.250. The van der Waals surface area contributed by atoms with Crippen LogP contribution < -0.4 is 10.2 Å². The van der Waals surface area contributed by atoms with Gasteiger partial charge in [0.15, 0.2) is 11.6 Å². The highest BCUT2D eigenvalue weighted by atomic mass is 19.2. The van der Waals surface area contributed by atoms with Gasteiger partial charge in [0.05, 0.1) is 5.69 Å². The Morgan fingerprint density at radius 3 is 2.43 bits per heavy atom. The highest BCUT2D eigenvalue weighted by Gasteiger charge is 2.22. The van der Waals surface area contributed by atoms with Gasteiger partial charge >= 0.3 is 6.03 Å². The highest BCUT2D eigenvalue weighted by Crippen LogP contribution is 2.18. The monoisotopic (exact) mass is 318 g/mol. The van der Waals surface area contributed by atoms with Crippen LogP contribution in [0.15, 0.2) is 42.7 Å². The van der Waals surface area contributed by atoms with E-state index < -0.39 is 17.7 Å². The van der Waals surface area contributed by atoms with Gasteiger partial charge in [0.2, 0.25) is 0 Å². The van der Waals surface area contributed by atoms with Crippen LogP contribution >= 0.6 is 0 Å². The van der Waals surface area contributed by atoms with Gasteiger partial charge in [-0.25, -0.2) is 13.6 Å². The lowest BCUT2D eigenvalue weighted by molar-refractivity contribution is 0.208. The number of amides is 2. The smallest absolute Gasteiger partial charge is 0.322 e. The molecule has 1 fully saturated rings. The highest BCUT2D eigenvalue weighted by molar-refractivity contribution is 5.89. The van der Waals surface area contributed by atoms with Crippen LogP contribution in [0.3, 0.4) is 0 Å². The van der Waals surface area contributed by atoms with E-state index in [4.69, 9.17) is 0 Å². The summed E-state index contributed by atoms with van der Waals surface area (Å²) >= 11 is 0. The SMILES string of the molecule is O=C(Nc1cccc(F)c1F)N1CCN(c2ccncc2)CC1. The average molecular weight is 318 g/mol. The molecule has 5 nitrogen and oxygen atoms in total. The lowest BCUT2D eigenvalue weighted by Gasteiger charge is -2.36. The van der Waals surface area contributed by atoms with Crippen molar-refractivity contribution in [2.24, 2.45) is 0 Å². The van der Waals surface area contributed by atoms with Crippen LogP contribution in [0.25, 0.3) is 0 Å². The topological polar surface area (TPSA) is 48.5 Å². The van der Waals surface area contributed by atoms with Crippen molar-refractivity contribution in [1.82, 2.24) is 9.88 Å². The van der Waals surface area contributed by atoms with Crippen molar-refractivity contribution in [3.8, 4) is 0 Å². The molecule has 3 rings (SSSR count). The number of rotatable bonds is 2. The summed E-state index contributed by atoms with van der Waals surface area (Å²) < 4.78 is 26.7. The zero-order valence-corrected chi connectivity index (χ0v) is 12.4. The number of piperazine rings is 1. The van der Waals surface area contributed by atoms with E-state index in [1.165, 1.54) is 12.1 Å². The van der Waals surface area contributed by atoms with Crippen molar-refractivity contribution in [2.75, 3.05) is 36.4 Å². The molecule has 0 saturated carbocycles. The lowest BCUT2D eigenvalue weighted by atomic mass is 10.2. The lowest BCUT2D eigenvalue weighted by Crippen LogP contribution is -2.50. The molecular weight excluding hydrogens is 302 g/mol. The quantitative estimate of drug-likeness (QED) is 0.926. The number of anilines is 2. The third-order valence-corrected chi connectivity index (χ3v) is 3.79. The number of urea groups is 1. The summed E-state index contributed by atoms with van der Waals surface area (Å²) in [5.74, 6) is -2.03. The Labute approximate surface area is 132 Å². The molecule has 2 heterocycles. The van der Waals surface area contributed by atoms with Gasteiger partial charge in [-0.1, -0.05) is 6.07 Å². The third kappa shape index (κ3) is 3.39. The molecule has 0 atom stereocenters. The Bertz CT molecular complexity index is 688. The normalized spacial score (nSPS) is 14.7. The predicted molar refractivity (Wildman–Crippen MR) is 83.4 cm³/mol. The van der Waals surface area contributed by atoms with Gasteiger partial charge in [-0.15, -0.1) is 0 Å². The standard InChI is InChI=1S/C16H16F2N4O/c17-13-2-1-3-14(15(13)18)20-16(23)22-10-8-21(9-11-22)12-4-6-19-7-5-12/h1-7H,8-11H2,(H,20,23). The summed E-state index contributed by atoms with van der Waals surface area (Å²) in [5.41, 5.74) is 0.905. The van der Waals surface area contributed by atoms with Crippen molar-refractivity contribution in [1.29, 1.82) is 0 Å². The Kier molecular flexibility index (Phi) is 4.36. The predicted octanol–water partition coefficient (Wildman–Crippen LogP) is 2.71. The molecule has 7 heteroatoms. The summed E-state index contributed by atoms with van der Waals surface area (Å²) in [7, 11) is 0. The summed E-state index contributed by atoms with van der Waals surface area (Å²) in [4.78, 5) is 19.9. The Hall–Kier alpha value is -2.70. The molecule has 0 spiro atoms. The molecule has 0 radical (unpaired) electrons. The average Bonchev–Trinajstić information content (AvgIpc) is 2.60. The molecular formula is C16H16F2N4O. The Morgan fingerprint density at radius 2 is 1.74 bits per heavy atom. The first-order chi connectivity index (χ1) is 11.1. The number of hydrogen-bond donors (Lipinski definition) is 1. The van der Waals surface area contributed by atoms with E-state index in [1.807, 2.05) is 12.1 Å². The van der Waals surface area contributed by atoms with Crippen LogP contribution in [0.2, 0.25) is 0 Å². The summed E-state index contributed by atoms with van der Waals surface area (Å²) in [6, 6.07) is 7.11. The van der Waals surface area contributed by atoms with E-state index in [-0.39, 0.29) is 5.69 Å². The largest absolute Gasteiger partial charge is 0.368 e. The minimum atomic E-state index is -1.05. The number of nitrogens with zero attached hydrogens (tertiary/aromatic N) is 3. The number of pyridine rings is 1. The van der Waals surface area contributed by atoms with Gasteiger partial charge in [0, 0.05) is 44.3 Å². The van der Waals surface area contributed by atoms with Crippen LogP contribution in [0.5, 0.6) is 0 Å². The maximum Gasteiger partial charge on any atom is 0.322 e. The number of hydrogen-bond acceptors (Lipinski definition) is 3. The molecule has 1 saturated heterocycles. The summed E-state index contributed by atoms with van der Waals surface area (Å²) in [6.45, 7) is 2.35. The molecule has 1 N–H and O–H groups in total. The van der Waals surface area contributed by atoms with Gasteiger partial charge in [0.25, 0.3) is 0 Å². The fourth-order valence-corrected chi connectivity index (χ4v) is 2.52. The van der Waals surface area contributed by atoms with E-state index in [9.17, 15) is 13.6 Å². The molecule has 2 amide bonds. The van der Waals surface area contributed by atoms with Crippen LogP contribution in [0, 0.1) is 11.6 Å². The summed E-state index contributed by atoms with van der Waals surface area (Å²) in [6.07, 6.45) is 3.45. The third-order valence-electron chi connectivity index (χ3n) is 3.79. The van der Waals surface area contributed by atoms with Crippen molar-refractivity contribution in [3.63, 3.8) is 0 Å². The minimum absolute atomic E-state index is 0.147. The van der Waals surface area contributed by atoms with Crippen molar-refractivity contribution >= 4 is 17.4 Å². The fourth-order valence-electron chi connectivity index (χ4n) is 2.52. The van der Waals surface area contributed by atoms with Gasteiger partial charge in [0.1, 0.15) is 0 Å². The van der Waals surface area contributed by atoms with Crippen LogP contribution in [0.1, 0.15) is 0 Å². The van der Waals surface area contributed by atoms with Crippen molar-refractivity contribution < 1.29 is 13.6 Å². The first kappa shape index (κ1) is 15.2. The van der Waals surface area contributed by atoms with Gasteiger partial charge in [-0.2, -0.15) is 0 Å². The zero-order chi connectivity index (χ0) is 16.2. The second-order valence-corrected chi connectivity index (χ2v) is 5.21. The van der Waals surface area contributed by atoms with E-state index >= 15 is 0 Å². The molecule has 1 aliphatic heterocycles. The minimum Gasteiger partial charge on any atom is -0.368 e. The number of carbonyl (C=O) groups is 1. The second kappa shape index (κ2) is 6.60. The van der Waals surface area contributed by atoms with Crippen LogP contribution in [-0.4, -0.2) is 42.1 Å². The molecule has 1 aliphatic rings. The maximum absolute atomic E-state index is 13.6. The summed E-state index contributed by atoms with van der Waals surface area (Å²) in [5, 5.41) is 2.42. The first-order valence-electron chi connectivity index (χ1n) is 7.30. The van der Waals surface area contributed by atoms with E-state index in [1.54, 1.807) is 17.3 Å². The van der Waals surface area contributed by atoms with Crippen LogP contribution in [-0.2, 0) is 0 Å². The second-order valence-electron chi connectivity index (χ2n) is 5.21. The zero-order valence-electron chi connectivity index (χ0n) is 12.4. The van der Waals surface area contributed by atoms with Gasteiger partial charge in [-0.3, -0.25) is 4.98 Å². The Balaban J connectivity index is 1.59. The molecule has 0 aliphatic carbocycles. The molecule has 2 aromatic rings. The maximum atomic E-state index is 13.6. The molecule has 23 heavy (non-hydrogen) atoms. The number of halogens is 2. The van der Waals surface area contributed by atoms with E-state index in [0.717, 1.165) is 11.8 Å². The van der Waals surface area contributed by atoms with Crippen molar-refractivity contribution in [2.45, 2.75) is 0 Å². The molecule has 1 aromatic heterocycles. The Morgan fingerprint density at radius 1 is 1.04 bits per heavy atom. The molecule has 1 aromatic carbocycles. The van der Waals surface area contributed by atoms with E-state index in [2.05, 4.69) is 15.2 Å². The number of nitrogens with one attached hydrogen (secondary N) is 1. The van der Waals surface area contributed by atoms with Gasteiger partial charge < -0.3 is 15.1 Å². The molecule has 0 unspecified atom stereocenters. The van der Waals surface area contributed by atoms with E-state index in [0.29, 0.717) is 26.2 Å². The number of benzene rings is 1. The van der Waals surface area contributed by atoms with Crippen molar-refractivity contribution in [3.05, 3.63) is 54.4 Å². The number of aromatic nitrogens is 1. The molecule has 0 bridgehead atoms.